The van der Waals surface area contributed by atoms with Gasteiger partial charge in [-0.2, -0.15) is 4.98 Å². The third kappa shape index (κ3) is 4.71. The number of pyridine rings is 2. The first-order chi connectivity index (χ1) is 16.2. The second-order valence-corrected chi connectivity index (χ2v) is 8.76. The van der Waals surface area contributed by atoms with Crippen LogP contribution in [0.25, 0.3) is 11.0 Å². The molecule has 0 spiro atoms. The van der Waals surface area contributed by atoms with Crippen molar-refractivity contribution in [2.45, 2.75) is 6.54 Å². The van der Waals surface area contributed by atoms with Crippen LogP contribution in [0, 0.1) is 0 Å². The molecule has 0 atom stereocenters. The predicted molar refractivity (Wildman–Crippen MR) is 135 cm³/mol. The Hall–Kier alpha value is -3.37. The van der Waals surface area contributed by atoms with E-state index in [4.69, 9.17) is 4.98 Å². The van der Waals surface area contributed by atoms with E-state index in [0.29, 0.717) is 12.5 Å². The summed E-state index contributed by atoms with van der Waals surface area (Å²) in [6.07, 6.45) is 9.65. The molecule has 1 fully saturated rings. The maximum atomic E-state index is 4.78. The standard InChI is InChI=1S/C23H27N9S/c1-30(33-2)21-18(4-3-8-25-21)16-32-11-7-17-14-27-23(29-22(17)32)28-20-6-5-19(15-26-20)31-12-9-24-10-13-31/h3-8,11,14-15,24H,9-10,12-13,16H2,1-2H3,(H,26,27,28,29). The number of fused-ring (bicyclic) bond motifs is 1. The van der Waals surface area contributed by atoms with E-state index in [1.807, 2.05) is 56.3 Å². The molecule has 5 rings (SSSR count). The first kappa shape index (κ1) is 21.5. The van der Waals surface area contributed by atoms with Crippen molar-refractivity contribution in [1.82, 2.24) is 29.8 Å². The summed E-state index contributed by atoms with van der Waals surface area (Å²) < 4.78 is 4.19. The Labute approximate surface area is 197 Å². The van der Waals surface area contributed by atoms with Gasteiger partial charge in [-0.15, -0.1) is 0 Å². The molecular formula is C23H27N9S. The van der Waals surface area contributed by atoms with Gasteiger partial charge < -0.3 is 24.4 Å². The van der Waals surface area contributed by atoms with Crippen molar-refractivity contribution in [3.05, 3.63) is 60.7 Å². The molecule has 0 saturated carbocycles. The van der Waals surface area contributed by atoms with Gasteiger partial charge in [-0.05, 0) is 24.3 Å². The fourth-order valence-corrected chi connectivity index (χ4v) is 4.29. The van der Waals surface area contributed by atoms with Gasteiger partial charge in [0.05, 0.1) is 18.4 Å². The monoisotopic (exact) mass is 461 g/mol. The SMILES string of the molecule is CSN(C)c1ncccc1Cn1ccc2cnc(Nc3ccc(N4CCNCC4)cn3)nc21. The fourth-order valence-electron chi connectivity index (χ4n) is 3.95. The Morgan fingerprint density at radius 1 is 1.09 bits per heavy atom. The van der Waals surface area contributed by atoms with Crippen molar-refractivity contribution in [1.29, 1.82) is 0 Å². The minimum Gasteiger partial charge on any atom is -0.368 e. The van der Waals surface area contributed by atoms with Crippen LogP contribution in [-0.4, -0.2) is 64.0 Å². The summed E-state index contributed by atoms with van der Waals surface area (Å²) in [6, 6.07) is 10.2. The highest BCUT2D eigenvalue weighted by atomic mass is 32.2. The number of hydrogen-bond acceptors (Lipinski definition) is 9. The van der Waals surface area contributed by atoms with E-state index in [9.17, 15) is 0 Å². The maximum absolute atomic E-state index is 4.78. The van der Waals surface area contributed by atoms with Crippen molar-refractivity contribution < 1.29 is 0 Å². The van der Waals surface area contributed by atoms with Gasteiger partial charge in [0.1, 0.15) is 17.3 Å². The van der Waals surface area contributed by atoms with Crippen LogP contribution in [0.4, 0.5) is 23.3 Å². The van der Waals surface area contributed by atoms with Gasteiger partial charge in [-0.25, -0.2) is 15.0 Å². The molecule has 9 nitrogen and oxygen atoms in total. The number of hydrogen-bond donors (Lipinski definition) is 2. The number of nitrogens with one attached hydrogen (secondary N) is 2. The van der Waals surface area contributed by atoms with E-state index in [0.717, 1.165) is 60.1 Å². The van der Waals surface area contributed by atoms with Crippen molar-refractivity contribution in [2.24, 2.45) is 0 Å². The second kappa shape index (κ2) is 9.63. The quantitative estimate of drug-likeness (QED) is 0.403. The summed E-state index contributed by atoms with van der Waals surface area (Å²) in [4.78, 5) is 20.7. The molecule has 0 aliphatic carbocycles. The van der Waals surface area contributed by atoms with E-state index in [1.165, 1.54) is 0 Å². The summed E-state index contributed by atoms with van der Waals surface area (Å²) >= 11 is 1.63. The molecule has 1 aliphatic heterocycles. The molecular weight excluding hydrogens is 434 g/mol. The van der Waals surface area contributed by atoms with E-state index in [1.54, 1.807) is 11.9 Å². The first-order valence-corrected chi connectivity index (χ1v) is 12.1. The molecule has 0 aromatic carbocycles. The highest BCUT2D eigenvalue weighted by Crippen LogP contribution is 2.24. The lowest BCUT2D eigenvalue weighted by Gasteiger charge is -2.29. The largest absolute Gasteiger partial charge is 0.368 e. The molecule has 10 heteroatoms. The molecule has 1 aliphatic rings. The Balaban J connectivity index is 1.36. The summed E-state index contributed by atoms with van der Waals surface area (Å²) in [6.45, 7) is 4.67. The molecule has 0 unspecified atom stereocenters. The lowest BCUT2D eigenvalue weighted by atomic mass is 10.2. The summed E-state index contributed by atoms with van der Waals surface area (Å²) in [5.74, 6) is 2.20. The average Bonchev–Trinajstić information content (AvgIpc) is 3.27. The van der Waals surface area contributed by atoms with Gasteiger partial charge in [0, 0.05) is 69.0 Å². The minimum atomic E-state index is 0.525. The summed E-state index contributed by atoms with van der Waals surface area (Å²) in [5.41, 5.74) is 3.13. The van der Waals surface area contributed by atoms with Crippen LogP contribution < -0.4 is 19.8 Å². The summed E-state index contributed by atoms with van der Waals surface area (Å²) in [5, 5.41) is 7.61. The van der Waals surface area contributed by atoms with Gasteiger partial charge in [0.25, 0.3) is 0 Å². The third-order valence-corrected chi connectivity index (χ3v) is 6.47. The smallest absolute Gasteiger partial charge is 0.230 e. The maximum Gasteiger partial charge on any atom is 0.230 e. The zero-order chi connectivity index (χ0) is 22.6. The summed E-state index contributed by atoms with van der Waals surface area (Å²) in [7, 11) is 2.02. The Morgan fingerprint density at radius 2 is 1.97 bits per heavy atom. The molecule has 4 aromatic rings. The molecule has 5 heterocycles. The Kier molecular flexibility index (Phi) is 6.27. The van der Waals surface area contributed by atoms with Gasteiger partial charge in [0.2, 0.25) is 5.95 Å². The Bertz CT molecular complexity index is 1220. The third-order valence-electron chi connectivity index (χ3n) is 5.75. The van der Waals surface area contributed by atoms with E-state index in [-0.39, 0.29) is 0 Å². The highest BCUT2D eigenvalue weighted by molar-refractivity contribution is 7.99. The van der Waals surface area contributed by atoms with Gasteiger partial charge in [0.15, 0.2) is 0 Å². The predicted octanol–water partition coefficient (Wildman–Crippen LogP) is 3.14. The molecule has 1 saturated heterocycles. The van der Waals surface area contributed by atoms with E-state index in [2.05, 4.69) is 51.5 Å². The van der Waals surface area contributed by atoms with Gasteiger partial charge in [-0.3, -0.25) is 0 Å². The zero-order valence-corrected chi connectivity index (χ0v) is 19.6. The lowest BCUT2D eigenvalue weighted by molar-refractivity contribution is 0.589. The molecule has 0 amide bonds. The van der Waals surface area contributed by atoms with Crippen molar-refractivity contribution >= 4 is 46.3 Å². The van der Waals surface area contributed by atoms with Gasteiger partial charge >= 0.3 is 0 Å². The number of anilines is 4. The van der Waals surface area contributed by atoms with Crippen LogP contribution in [0.5, 0.6) is 0 Å². The first-order valence-electron chi connectivity index (χ1n) is 10.9. The molecule has 4 aromatic heterocycles. The highest BCUT2D eigenvalue weighted by Gasteiger charge is 2.13. The number of nitrogens with zero attached hydrogens (tertiary/aromatic N) is 7. The average molecular weight is 462 g/mol. The number of rotatable bonds is 7. The molecule has 2 N–H and O–H groups in total. The van der Waals surface area contributed by atoms with Crippen LogP contribution >= 0.6 is 11.9 Å². The fraction of sp³-hybridized carbons (Fsp3) is 0.304. The Morgan fingerprint density at radius 3 is 2.76 bits per heavy atom. The van der Waals surface area contributed by atoms with Crippen LogP contribution in [0.3, 0.4) is 0 Å². The van der Waals surface area contributed by atoms with Crippen LogP contribution in [0.2, 0.25) is 0 Å². The number of aromatic nitrogens is 5. The van der Waals surface area contributed by atoms with E-state index < -0.39 is 0 Å². The molecule has 170 valence electrons. The topological polar surface area (TPSA) is 87.0 Å². The van der Waals surface area contributed by atoms with Crippen LogP contribution in [0.15, 0.2) is 55.1 Å². The lowest BCUT2D eigenvalue weighted by Crippen LogP contribution is -2.43. The van der Waals surface area contributed by atoms with Crippen molar-refractivity contribution in [2.75, 3.05) is 54.0 Å². The number of piperazine rings is 1. The van der Waals surface area contributed by atoms with Crippen molar-refractivity contribution in [3.8, 4) is 0 Å². The zero-order valence-electron chi connectivity index (χ0n) is 18.8. The van der Waals surface area contributed by atoms with Gasteiger partial charge in [-0.1, -0.05) is 18.0 Å². The second-order valence-electron chi connectivity index (χ2n) is 7.85. The molecule has 33 heavy (non-hydrogen) atoms. The van der Waals surface area contributed by atoms with Crippen molar-refractivity contribution in [3.63, 3.8) is 0 Å². The normalized spacial score (nSPS) is 13.9. The van der Waals surface area contributed by atoms with E-state index >= 15 is 0 Å². The van der Waals surface area contributed by atoms with Crippen LogP contribution in [-0.2, 0) is 6.54 Å². The minimum absolute atomic E-state index is 0.525. The molecule has 0 radical (unpaired) electrons. The molecule has 0 bridgehead atoms. The van der Waals surface area contributed by atoms with Crippen LogP contribution in [0.1, 0.15) is 5.56 Å².